The van der Waals surface area contributed by atoms with Gasteiger partial charge in [0.25, 0.3) is 0 Å². The standard InChI is InChI=1S/C17H27BrN2/c1-13(2)12-20-10-8-17(9-11-20)19-14(3)15-4-6-16(18)7-5-15/h4-7,13-14,17,19H,8-12H2,1-3H3. The van der Waals surface area contributed by atoms with Gasteiger partial charge in [-0.1, -0.05) is 41.9 Å². The molecule has 0 amide bonds. The highest BCUT2D eigenvalue weighted by Gasteiger charge is 2.21. The first-order chi connectivity index (χ1) is 9.54. The lowest BCUT2D eigenvalue weighted by atomic mass is 10.0. The Hall–Kier alpha value is -0.380. The van der Waals surface area contributed by atoms with Crippen LogP contribution in [0.2, 0.25) is 0 Å². The molecule has 112 valence electrons. The van der Waals surface area contributed by atoms with Crippen molar-refractivity contribution in [2.75, 3.05) is 19.6 Å². The smallest absolute Gasteiger partial charge is 0.0294 e. The summed E-state index contributed by atoms with van der Waals surface area (Å²) in [6.07, 6.45) is 2.54. The molecule has 1 aromatic rings. The van der Waals surface area contributed by atoms with Crippen molar-refractivity contribution in [3.8, 4) is 0 Å². The molecule has 0 bridgehead atoms. The first kappa shape index (κ1) is 16.0. The Morgan fingerprint density at radius 2 is 1.75 bits per heavy atom. The molecule has 0 aliphatic carbocycles. The number of hydrogen-bond donors (Lipinski definition) is 1. The van der Waals surface area contributed by atoms with E-state index in [9.17, 15) is 0 Å². The van der Waals surface area contributed by atoms with Crippen molar-refractivity contribution in [3.05, 3.63) is 34.3 Å². The molecule has 1 atom stereocenters. The van der Waals surface area contributed by atoms with Gasteiger partial charge >= 0.3 is 0 Å². The fraction of sp³-hybridized carbons (Fsp3) is 0.647. The van der Waals surface area contributed by atoms with Crippen molar-refractivity contribution in [3.63, 3.8) is 0 Å². The minimum absolute atomic E-state index is 0.435. The molecule has 1 aromatic carbocycles. The van der Waals surface area contributed by atoms with E-state index in [1.54, 1.807) is 0 Å². The molecule has 1 aliphatic rings. The Morgan fingerprint density at radius 3 is 2.30 bits per heavy atom. The lowest BCUT2D eigenvalue weighted by molar-refractivity contribution is 0.175. The van der Waals surface area contributed by atoms with Crippen LogP contribution in [0.15, 0.2) is 28.7 Å². The number of rotatable bonds is 5. The van der Waals surface area contributed by atoms with Crippen molar-refractivity contribution in [1.29, 1.82) is 0 Å². The second kappa shape index (κ2) is 7.58. The van der Waals surface area contributed by atoms with Crippen molar-refractivity contribution in [2.45, 2.75) is 45.7 Å². The predicted molar refractivity (Wildman–Crippen MR) is 90.0 cm³/mol. The van der Waals surface area contributed by atoms with Crippen LogP contribution in [0.5, 0.6) is 0 Å². The Kier molecular flexibility index (Phi) is 6.06. The largest absolute Gasteiger partial charge is 0.307 e. The number of nitrogens with zero attached hydrogens (tertiary/aromatic N) is 1. The van der Waals surface area contributed by atoms with E-state index in [1.807, 2.05) is 0 Å². The van der Waals surface area contributed by atoms with Crippen molar-refractivity contribution >= 4 is 15.9 Å². The Labute approximate surface area is 132 Å². The molecule has 0 radical (unpaired) electrons. The maximum absolute atomic E-state index is 3.79. The number of hydrogen-bond acceptors (Lipinski definition) is 2. The van der Waals surface area contributed by atoms with Gasteiger partial charge < -0.3 is 10.2 Å². The summed E-state index contributed by atoms with van der Waals surface area (Å²) in [5.74, 6) is 0.779. The summed E-state index contributed by atoms with van der Waals surface area (Å²) >= 11 is 3.49. The van der Waals surface area contributed by atoms with E-state index in [1.165, 1.54) is 38.0 Å². The third kappa shape index (κ3) is 4.87. The summed E-state index contributed by atoms with van der Waals surface area (Å²) in [5, 5.41) is 3.79. The van der Waals surface area contributed by atoms with Gasteiger partial charge in [-0.05, 0) is 56.5 Å². The molecule has 1 heterocycles. The Bertz CT molecular complexity index is 394. The van der Waals surface area contributed by atoms with Crippen LogP contribution in [0.1, 0.15) is 45.2 Å². The maximum atomic E-state index is 3.79. The molecule has 0 aromatic heterocycles. The zero-order valence-electron chi connectivity index (χ0n) is 12.9. The molecule has 2 rings (SSSR count). The highest BCUT2D eigenvalue weighted by molar-refractivity contribution is 9.10. The van der Waals surface area contributed by atoms with Gasteiger partial charge in [0.2, 0.25) is 0 Å². The maximum Gasteiger partial charge on any atom is 0.0294 e. The molecule has 20 heavy (non-hydrogen) atoms. The fourth-order valence-electron chi connectivity index (χ4n) is 3.00. The predicted octanol–water partition coefficient (Wildman–Crippen LogP) is 4.22. The van der Waals surface area contributed by atoms with Crippen LogP contribution in [-0.2, 0) is 0 Å². The van der Waals surface area contributed by atoms with E-state index in [2.05, 4.69) is 71.2 Å². The molecular weight excluding hydrogens is 312 g/mol. The van der Waals surface area contributed by atoms with Gasteiger partial charge in [0.15, 0.2) is 0 Å². The van der Waals surface area contributed by atoms with Crippen molar-refractivity contribution < 1.29 is 0 Å². The van der Waals surface area contributed by atoms with Gasteiger partial charge in [0.1, 0.15) is 0 Å². The van der Waals surface area contributed by atoms with Crippen LogP contribution in [0.3, 0.4) is 0 Å². The zero-order valence-corrected chi connectivity index (χ0v) is 14.5. The van der Waals surface area contributed by atoms with Crippen LogP contribution in [0.4, 0.5) is 0 Å². The van der Waals surface area contributed by atoms with E-state index in [4.69, 9.17) is 0 Å². The number of piperidine rings is 1. The van der Waals surface area contributed by atoms with Crippen LogP contribution in [-0.4, -0.2) is 30.6 Å². The SMILES string of the molecule is CC(C)CN1CCC(NC(C)c2ccc(Br)cc2)CC1. The minimum Gasteiger partial charge on any atom is -0.307 e. The number of halogens is 1. The highest BCUT2D eigenvalue weighted by Crippen LogP contribution is 2.20. The normalized spacial score (nSPS) is 19.4. The highest BCUT2D eigenvalue weighted by atomic mass is 79.9. The van der Waals surface area contributed by atoms with Crippen molar-refractivity contribution in [2.24, 2.45) is 5.92 Å². The van der Waals surface area contributed by atoms with Gasteiger partial charge in [-0.2, -0.15) is 0 Å². The lowest BCUT2D eigenvalue weighted by Gasteiger charge is -2.34. The molecule has 2 nitrogen and oxygen atoms in total. The van der Waals surface area contributed by atoms with Gasteiger partial charge in [-0.15, -0.1) is 0 Å². The summed E-state index contributed by atoms with van der Waals surface area (Å²) in [6.45, 7) is 10.6. The number of benzene rings is 1. The number of nitrogens with one attached hydrogen (secondary N) is 1. The van der Waals surface area contributed by atoms with Crippen LogP contribution in [0.25, 0.3) is 0 Å². The van der Waals surface area contributed by atoms with Crippen LogP contribution in [0, 0.1) is 5.92 Å². The van der Waals surface area contributed by atoms with Gasteiger partial charge in [-0.25, -0.2) is 0 Å². The molecule has 1 saturated heterocycles. The topological polar surface area (TPSA) is 15.3 Å². The molecule has 1 fully saturated rings. The summed E-state index contributed by atoms with van der Waals surface area (Å²) in [5.41, 5.74) is 1.37. The lowest BCUT2D eigenvalue weighted by Crippen LogP contribution is -2.44. The molecule has 1 aliphatic heterocycles. The molecule has 0 spiro atoms. The number of likely N-dealkylation sites (tertiary alicyclic amines) is 1. The minimum atomic E-state index is 0.435. The molecular formula is C17H27BrN2. The molecule has 0 saturated carbocycles. The summed E-state index contributed by atoms with van der Waals surface area (Å²) in [6, 6.07) is 9.75. The summed E-state index contributed by atoms with van der Waals surface area (Å²) in [7, 11) is 0. The van der Waals surface area contributed by atoms with Gasteiger partial charge in [0.05, 0.1) is 0 Å². The quantitative estimate of drug-likeness (QED) is 0.864. The van der Waals surface area contributed by atoms with Gasteiger partial charge in [-0.3, -0.25) is 0 Å². The first-order valence-electron chi connectivity index (χ1n) is 7.78. The van der Waals surface area contributed by atoms with Crippen LogP contribution >= 0.6 is 15.9 Å². The van der Waals surface area contributed by atoms with E-state index >= 15 is 0 Å². The van der Waals surface area contributed by atoms with E-state index in [-0.39, 0.29) is 0 Å². The van der Waals surface area contributed by atoms with E-state index < -0.39 is 0 Å². The van der Waals surface area contributed by atoms with Crippen LogP contribution < -0.4 is 5.32 Å². The Balaban J connectivity index is 1.79. The Morgan fingerprint density at radius 1 is 1.15 bits per heavy atom. The second-order valence-corrected chi connectivity index (χ2v) is 7.32. The zero-order chi connectivity index (χ0) is 14.5. The molecule has 3 heteroatoms. The molecule has 1 unspecified atom stereocenters. The average Bonchev–Trinajstić information content (AvgIpc) is 2.41. The molecule has 1 N–H and O–H groups in total. The monoisotopic (exact) mass is 338 g/mol. The first-order valence-corrected chi connectivity index (χ1v) is 8.57. The van der Waals surface area contributed by atoms with Gasteiger partial charge in [0, 0.05) is 23.1 Å². The summed E-state index contributed by atoms with van der Waals surface area (Å²) < 4.78 is 1.15. The van der Waals surface area contributed by atoms with Crippen molar-refractivity contribution in [1.82, 2.24) is 10.2 Å². The summed E-state index contributed by atoms with van der Waals surface area (Å²) in [4.78, 5) is 2.60. The third-order valence-corrected chi connectivity index (χ3v) is 4.60. The van der Waals surface area contributed by atoms with E-state index in [0.717, 1.165) is 10.4 Å². The second-order valence-electron chi connectivity index (χ2n) is 6.41. The fourth-order valence-corrected chi connectivity index (χ4v) is 3.26. The third-order valence-electron chi connectivity index (χ3n) is 4.07. The average molecular weight is 339 g/mol. The van der Waals surface area contributed by atoms with E-state index in [0.29, 0.717) is 12.1 Å².